The second-order valence-corrected chi connectivity index (χ2v) is 6.76. The van der Waals surface area contributed by atoms with Crippen LogP contribution in [0.2, 0.25) is 0 Å². The Bertz CT molecular complexity index is 1290. The third kappa shape index (κ3) is 2.85. The van der Waals surface area contributed by atoms with Gasteiger partial charge in [0.15, 0.2) is 0 Å². The van der Waals surface area contributed by atoms with Crippen LogP contribution in [0.25, 0.3) is 32.7 Å². The largest absolute Gasteiger partial charge is 0.383 e. The number of aromatic nitrogens is 3. The molecule has 0 unspecified atom stereocenters. The fourth-order valence-electron chi connectivity index (χ4n) is 3.56. The molecule has 0 spiro atoms. The second-order valence-electron chi connectivity index (χ2n) is 6.76. The lowest BCUT2D eigenvalue weighted by atomic mass is 10.1. The lowest BCUT2D eigenvalue weighted by Gasteiger charge is -2.08. The lowest BCUT2D eigenvalue weighted by molar-refractivity contribution is 0.0955. The number of rotatable bonds is 5. The summed E-state index contributed by atoms with van der Waals surface area (Å²) in [6.45, 7) is 1.22. The van der Waals surface area contributed by atoms with Crippen molar-refractivity contribution in [1.82, 2.24) is 20.5 Å². The topological polar surface area (TPSA) is 85.6 Å². The van der Waals surface area contributed by atoms with E-state index in [1.165, 1.54) is 0 Å². The van der Waals surface area contributed by atoms with Crippen LogP contribution in [0.4, 0.5) is 5.69 Å². The van der Waals surface area contributed by atoms with Crippen molar-refractivity contribution in [3.05, 3.63) is 72.4 Å². The molecule has 138 valence electrons. The molecule has 0 aliphatic rings. The molecule has 6 nitrogen and oxygen atoms in total. The Balaban J connectivity index is 1.35. The second kappa shape index (κ2) is 6.74. The van der Waals surface area contributed by atoms with Crippen LogP contribution in [0.3, 0.4) is 0 Å². The molecule has 0 saturated heterocycles. The van der Waals surface area contributed by atoms with Crippen LogP contribution in [0.1, 0.15) is 10.4 Å². The number of aromatic amines is 2. The highest BCUT2D eigenvalue weighted by atomic mass is 16.1. The van der Waals surface area contributed by atoms with Crippen LogP contribution < -0.4 is 10.6 Å². The summed E-state index contributed by atoms with van der Waals surface area (Å²) in [5, 5.41) is 16.6. The number of amides is 1. The van der Waals surface area contributed by atoms with E-state index in [4.69, 9.17) is 0 Å². The highest BCUT2D eigenvalue weighted by Crippen LogP contribution is 2.30. The van der Waals surface area contributed by atoms with Crippen LogP contribution in [0.15, 0.2) is 66.9 Å². The molecule has 0 atom stereocenters. The van der Waals surface area contributed by atoms with Gasteiger partial charge in [0, 0.05) is 46.0 Å². The number of carbonyl (C=O) groups is 1. The van der Waals surface area contributed by atoms with E-state index < -0.39 is 0 Å². The van der Waals surface area contributed by atoms with Gasteiger partial charge in [-0.1, -0.05) is 30.3 Å². The predicted octanol–water partition coefficient (Wildman–Crippen LogP) is 4.04. The van der Waals surface area contributed by atoms with Gasteiger partial charge in [-0.05, 0) is 30.3 Å². The molecule has 0 aliphatic carbocycles. The molecule has 0 aliphatic heterocycles. The number of nitrogens with zero attached hydrogens (tertiary/aromatic N) is 1. The summed E-state index contributed by atoms with van der Waals surface area (Å²) in [6.07, 6.45) is 1.81. The normalized spacial score (nSPS) is 11.3. The van der Waals surface area contributed by atoms with Crippen LogP contribution in [-0.2, 0) is 0 Å². The number of hydrogen-bond donors (Lipinski definition) is 4. The lowest BCUT2D eigenvalue weighted by Crippen LogP contribution is -2.28. The summed E-state index contributed by atoms with van der Waals surface area (Å²) < 4.78 is 0. The minimum Gasteiger partial charge on any atom is -0.383 e. The van der Waals surface area contributed by atoms with Crippen LogP contribution in [0, 0.1) is 0 Å². The molecule has 28 heavy (non-hydrogen) atoms. The molecule has 1 amide bonds. The van der Waals surface area contributed by atoms with Gasteiger partial charge in [0.25, 0.3) is 5.91 Å². The molecule has 6 heteroatoms. The van der Waals surface area contributed by atoms with Gasteiger partial charge in [0.05, 0.1) is 17.2 Å². The van der Waals surface area contributed by atoms with E-state index in [2.05, 4.69) is 31.9 Å². The number of anilines is 1. The highest BCUT2D eigenvalue weighted by molar-refractivity contribution is 6.16. The maximum absolute atomic E-state index is 12.6. The van der Waals surface area contributed by atoms with Crippen molar-refractivity contribution in [3.63, 3.8) is 0 Å². The summed E-state index contributed by atoms with van der Waals surface area (Å²) in [5.74, 6) is -0.0752. The fourth-order valence-corrected chi connectivity index (χ4v) is 3.56. The molecule has 2 heterocycles. The Morgan fingerprint density at radius 2 is 1.82 bits per heavy atom. The van der Waals surface area contributed by atoms with Crippen molar-refractivity contribution in [2.75, 3.05) is 18.4 Å². The molecular formula is C22H19N5O. The standard InChI is InChI=1S/C22H19N5O/c28-22(24-11-10-23-16-4-2-1-3-5-16)14-7-9-19-18(12-14)17-8-6-15-13-25-27-20(15)21(17)26-19/h1-9,12-13,23,26H,10-11H2,(H,24,28)(H,25,27). The third-order valence-electron chi connectivity index (χ3n) is 4.96. The molecule has 3 aromatic carbocycles. The maximum Gasteiger partial charge on any atom is 0.251 e. The van der Waals surface area contributed by atoms with Gasteiger partial charge in [-0.3, -0.25) is 9.89 Å². The number of hydrogen-bond acceptors (Lipinski definition) is 3. The molecular weight excluding hydrogens is 350 g/mol. The minimum absolute atomic E-state index is 0.0752. The van der Waals surface area contributed by atoms with Crippen LogP contribution in [-0.4, -0.2) is 34.2 Å². The van der Waals surface area contributed by atoms with Gasteiger partial charge < -0.3 is 15.6 Å². The average Bonchev–Trinajstić information content (AvgIpc) is 3.35. The summed E-state index contributed by atoms with van der Waals surface area (Å²) in [6, 6.07) is 19.8. The van der Waals surface area contributed by atoms with E-state index in [1.807, 2.05) is 60.8 Å². The van der Waals surface area contributed by atoms with Gasteiger partial charge in [-0.2, -0.15) is 5.10 Å². The smallest absolute Gasteiger partial charge is 0.251 e. The Kier molecular flexibility index (Phi) is 3.94. The number of nitrogens with one attached hydrogen (secondary N) is 4. The third-order valence-corrected chi connectivity index (χ3v) is 4.96. The van der Waals surface area contributed by atoms with E-state index >= 15 is 0 Å². The SMILES string of the molecule is O=C(NCCNc1ccccc1)c1ccc2[nH]c3c(ccc4cn[nH]c43)c2c1. The van der Waals surface area contributed by atoms with Crippen molar-refractivity contribution in [3.8, 4) is 0 Å². The van der Waals surface area contributed by atoms with E-state index in [0.29, 0.717) is 18.7 Å². The molecule has 0 radical (unpaired) electrons. The monoisotopic (exact) mass is 369 g/mol. The van der Waals surface area contributed by atoms with E-state index in [-0.39, 0.29) is 5.91 Å². The van der Waals surface area contributed by atoms with Crippen molar-refractivity contribution in [2.24, 2.45) is 0 Å². The fraction of sp³-hybridized carbons (Fsp3) is 0.0909. The van der Waals surface area contributed by atoms with Gasteiger partial charge in [0.1, 0.15) is 0 Å². The van der Waals surface area contributed by atoms with Crippen LogP contribution in [0.5, 0.6) is 0 Å². The van der Waals surface area contributed by atoms with Crippen molar-refractivity contribution >= 4 is 44.3 Å². The molecule has 0 fully saturated rings. The first-order valence-corrected chi connectivity index (χ1v) is 9.24. The van der Waals surface area contributed by atoms with E-state index in [1.54, 1.807) is 0 Å². The predicted molar refractivity (Wildman–Crippen MR) is 113 cm³/mol. The van der Waals surface area contributed by atoms with Gasteiger partial charge >= 0.3 is 0 Å². The molecule has 0 bridgehead atoms. The molecule has 0 saturated carbocycles. The molecule has 5 rings (SSSR count). The molecule has 2 aromatic heterocycles. The first-order chi connectivity index (χ1) is 13.8. The molecule has 5 aromatic rings. The van der Waals surface area contributed by atoms with E-state index in [9.17, 15) is 4.79 Å². The zero-order chi connectivity index (χ0) is 18.9. The first kappa shape index (κ1) is 16.4. The number of benzene rings is 3. The van der Waals surface area contributed by atoms with Gasteiger partial charge in [0.2, 0.25) is 0 Å². The Morgan fingerprint density at radius 1 is 0.929 bits per heavy atom. The maximum atomic E-state index is 12.6. The summed E-state index contributed by atoms with van der Waals surface area (Å²) in [5.41, 5.74) is 4.68. The highest BCUT2D eigenvalue weighted by Gasteiger charge is 2.12. The summed E-state index contributed by atoms with van der Waals surface area (Å²) >= 11 is 0. The van der Waals surface area contributed by atoms with Crippen molar-refractivity contribution < 1.29 is 4.79 Å². The minimum atomic E-state index is -0.0752. The average molecular weight is 369 g/mol. The number of para-hydroxylation sites is 1. The summed E-state index contributed by atoms with van der Waals surface area (Å²) in [4.78, 5) is 16.0. The number of fused-ring (bicyclic) bond motifs is 5. The summed E-state index contributed by atoms with van der Waals surface area (Å²) in [7, 11) is 0. The van der Waals surface area contributed by atoms with Crippen molar-refractivity contribution in [2.45, 2.75) is 0 Å². The van der Waals surface area contributed by atoms with E-state index in [0.717, 1.165) is 38.4 Å². The number of H-pyrrole nitrogens is 2. The zero-order valence-corrected chi connectivity index (χ0v) is 15.1. The van der Waals surface area contributed by atoms with Crippen LogP contribution >= 0.6 is 0 Å². The number of carbonyl (C=O) groups excluding carboxylic acids is 1. The Labute approximate surface area is 160 Å². The quantitative estimate of drug-likeness (QED) is 0.353. The Morgan fingerprint density at radius 3 is 2.71 bits per heavy atom. The Hall–Kier alpha value is -3.80. The molecule has 4 N–H and O–H groups in total. The van der Waals surface area contributed by atoms with Gasteiger partial charge in [-0.15, -0.1) is 0 Å². The van der Waals surface area contributed by atoms with Crippen molar-refractivity contribution in [1.29, 1.82) is 0 Å². The first-order valence-electron chi connectivity index (χ1n) is 9.24. The zero-order valence-electron chi connectivity index (χ0n) is 15.1. The van der Waals surface area contributed by atoms with Gasteiger partial charge in [-0.25, -0.2) is 0 Å².